The monoisotopic (exact) mass is 401 g/mol. The lowest BCUT2D eigenvalue weighted by atomic mass is 10.0. The van der Waals surface area contributed by atoms with E-state index in [1.807, 2.05) is 0 Å². The molecule has 2 aromatic rings. The Morgan fingerprint density at radius 2 is 1.76 bits per heavy atom. The molecule has 2 N–H and O–H groups in total. The van der Waals surface area contributed by atoms with Crippen LogP contribution in [0.15, 0.2) is 18.2 Å². The molecule has 0 atom stereocenters. The quantitative estimate of drug-likeness (QED) is 0.733. The van der Waals surface area contributed by atoms with Crippen LogP contribution in [0, 0.1) is 5.82 Å². The number of rotatable bonds is 7. The number of likely N-dealkylation sites (tertiary alicyclic amines) is 1. The van der Waals surface area contributed by atoms with Crippen LogP contribution in [0.4, 0.5) is 27.9 Å². The van der Waals surface area contributed by atoms with Crippen LogP contribution in [0.5, 0.6) is 5.75 Å². The van der Waals surface area contributed by atoms with Crippen LogP contribution in [0.1, 0.15) is 25.7 Å². The molecule has 1 aliphatic carbocycles. The third kappa shape index (κ3) is 4.50. The van der Waals surface area contributed by atoms with Gasteiger partial charge in [0.15, 0.2) is 11.6 Å². The molecule has 9 heteroatoms. The van der Waals surface area contributed by atoms with Gasteiger partial charge in [0.05, 0.1) is 7.11 Å². The van der Waals surface area contributed by atoms with Crippen LogP contribution in [-0.2, 0) is 0 Å². The minimum atomic E-state index is -0.438. The van der Waals surface area contributed by atoms with Gasteiger partial charge in [-0.05, 0) is 58.0 Å². The molecule has 0 radical (unpaired) electrons. The fourth-order valence-electron chi connectivity index (χ4n) is 3.77. The SMILES string of the molecule is CNc1nc(Nc2ccc(OC)c(F)c2)nc(N(C2CC2)C2CCN(C)CC2)n1. The summed E-state index contributed by atoms with van der Waals surface area (Å²) in [6.45, 7) is 2.15. The number of hydrogen-bond donors (Lipinski definition) is 2. The van der Waals surface area contributed by atoms with Crippen LogP contribution < -0.4 is 20.3 Å². The summed E-state index contributed by atoms with van der Waals surface area (Å²) in [5, 5.41) is 6.12. The number of piperidine rings is 1. The molecule has 1 aromatic heterocycles. The molecule has 8 nitrogen and oxygen atoms in total. The first-order valence-electron chi connectivity index (χ1n) is 10.1. The molecule has 1 aromatic carbocycles. The molecule has 0 bridgehead atoms. The summed E-state index contributed by atoms with van der Waals surface area (Å²) in [5.74, 6) is 1.32. The molecular formula is C20H28FN7O. The minimum Gasteiger partial charge on any atom is -0.494 e. The average molecular weight is 401 g/mol. The summed E-state index contributed by atoms with van der Waals surface area (Å²) in [5.41, 5.74) is 0.555. The molecule has 2 fully saturated rings. The van der Waals surface area contributed by atoms with Gasteiger partial charge in [-0.3, -0.25) is 0 Å². The Bertz CT molecular complexity index is 853. The number of halogens is 1. The molecule has 1 saturated carbocycles. The summed E-state index contributed by atoms with van der Waals surface area (Å²) < 4.78 is 19.0. The number of hydrogen-bond acceptors (Lipinski definition) is 8. The molecule has 0 unspecified atom stereocenters. The fraction of sp³-hybridized carbons (Fsp3) is 0.550. The van der Waals surface area contributed by atoms with Crippen LogP contribution in [0.25, 0.3) is 0 Å². The first-order chi connectivity index (χ1) is 14.1. The summed E-state index contributed by atoms with van der Waals surface area (Å²) in [6, 6.07) is 5.60. The standard InChI is InChI=1S/C20H28FN7O/c1-22-18-24-19(23-13-4-7-17(29-3)16(21)12-13)26-20(25-18)28(14-5-6-14)15-8-10-27(2)11-9-15/h4,7,12,14-15H,5-6,8-11H2,1-3H3,(H2,22,23,24,25,26). The number of anilines is 4. The van der Waals surface area contributed by atoms with Gasteiger partial charge in [-0.1, -0.05) is 0 Å². The van der Waals surface area contributed by atoms with Crippen LogP contribution in [-0.4, -0.2) is 66.2 Å². The summed E-state index contributed by atoms with van der Waals surface area (Å²) in [7, 11) is 5.39. The Morgan fingerprint density at radius 1 is 1.07 bits per heavy atom. The average Bonchev–Trinajstić information content (AvgIpc) is 3.55. The van der Waals surface area contributed by atoms with E-state index < -0.39 is 5.82 Å². The van der Waals surface area contributed by atoms with Gasteiger partial charge in [-0.15, -0.1) is 0 Å². The highest BCUT2D eigenvalue weighted by Gasteiger charge is 2.37. The Hall–Kier alpha value is -2.68. The van der Waals surface area contributed by atoms with Gasteiger partial charge in [0.25, 0.3) is 0 Å². The van der Waals surface area contributed by atoms with Crippen LogP contribution >= 0.6 is 0 Å². The Balaban J connectivity index is 1.61. The molecule has 0 spiro atoms. The zero-order valence-corrected chi connectivity index (χ0v) is 17.2. The lowest BCUT2D eigenvalue weighted by Crippen LogP contribution is -2.45. The third-order valence-electron chi connectivity index (χ3n) is 5.51. The predicted octanol–water partition coefficient (Wildman–Crippen LogP) is 2.87. The highest BCUT2D eigenvalue weighted by Crippen LogP contribution is 2.35. The van der Waals surface area contributed by atoms with Crippen molar-refractivity contribution in [3.05, 3.63) is 24.0 Å². The zero-order chi connectivity index (χ0) is 20.4. The summed E-state index contributed by atoms with van der Waals surface area (Å²) in [6.07, 6.45) is 4.53. The van der Waals surface area contributed by atoms with Gasteiger partial charge < -0.3 is 25.2 Å². The molecule has 156 valence electrons. The normalized spacial score (nSPS) is 17.8. The third-order valence-corrected chi connectivity index (χ3v) is 5.51. The minimum absolute atomic E-state index is 0.199. The molecule has 29 heavy (non-hydrogen) atoms. The van der Waals surface area contributed by atoms with Crippen molar-refractivity contribution in [3.8, 4) is 5.75 Å². The summed E-state index contributed by atoms with van der Waals surface area (Å²) in [4.78, 5) is 18.5. The molecular weight excluding hydrogens is 373 g/mol. The van der Waals surface area contributed by atoms with E-state index in [1.54, 1.807) is 19.2 Å². The molecule has 2 aliphatic rings. The topological polar surface area (TPSA) is 78.4 Å². The van der Waals surface area contributed by atoms with Crippen molar-refractivity contribution in [3.63, 3.8) is 0 Å². The van der Waals surface area contributed by atoms with Crippen molar-refractivity contribution >= 4 is 23.5 Å². The lowest BCUT2D eigenvalue weighted by molar-refractivity contribution is 0.248. The van der Waals surface area contributed by atoms with Crippen molar-refractivity contribution in [1.82, 2.24) is 19.9 Å². The van der Waals surface area contributed by atoms with Crippen molar-refractivity contribution < 1.29 is 9.13 Å². The first kappa shape index (κ1) is 19.6. The highest BCUT2D eigenvalue weighted by atomic mass is 19.1. The second-order valence-corrected chi connectivity index (χ2v) is 7.68. The lowest BCUT2D eigenvalue weighted by Gasteiger charge is -2.37. The number of ether oxygens (including phenoxy) is 1. The molecule has 2 heterocycles. The number of benzene rings is 1. The van der Waals surface area contributed by atoms with Gasteiger partial charge in [0.2, 0.25) is 17.8 Å². The maximum absolute atomic E-state index is 14.1. The van der Waals surface area contributed by atoms with E-state index in [1.165, 1.54) is 26.0 Å². The maximum atomic E-state index is 14.1. The zero-order valence-electron chi connectivity index (χ0n) is 17.2. The molecule has 4 rings (SSSR count). The van der Waals surface area contributed by atoms with E-state index in [2.05, 4.69) is 42.4 Å². The van der Waals surface area contributed by atoms with Crippen molar-refractivity contribution in [2.45, 2.75) is 37.8 Å². The molecule has 0 amide bonds. The van der Waals surface area contributed by atoms with Crippen LogP contribution in [0.2, 0.25) is 0 Å². The van der Waals surface area contributed by atoms with E-state index in [0.29, 0.717) is 35.6 Å². The number of nitrogens with one attached hydrogen (secondary N) is 2. The van der Waals surface area contributed by atoms with Gasteiger partial charge in [-0.2, -0.15) is 15.0 Å². The number of methoxy groups -OCH3 is 1. The first-order valence-corrected chi connectivity index (χ1v) is 10.1. The Kier molecular flexibility index (Phi) is 5.66. The second kappa shape index (κ2) is 8.36. The Morgan fingerprint density at radius 3 is 2.38 bits per heavy atom. The van der Waals surface area contributed by atoms with E-state index >= 15 is 0 Å². The van der Waals surface area contributed by atoms with Crippen LogP contribution in [0.3, 0.4) is 0 Å². The van der Waals surface area contributed by atoms with Gasteiger partial charge in [-0.25, -0.2) is 4.39 Å². The number of nitrogens with zero attached hydrogens (tertiary/aromatic N) is 5. The van der Waals surface area contributed by atoms with E-state index in [4.69, 9.17) is 4.74 Å². The van der Waals surface area contributed by atoms with E-state index in [9.17, 15) is 4.39 Å². The summed E-state index contributed by atoms with van der Waals surface area (Å²) >= 11 is 0. The molecule has 1 saturated heterocycles. The largest absolute Gasteiger partial charge is 0.494 e. The number of aromatic nitrogens is 3. The predicted molar refractivity (Wildman–Crippen MR) is 112 cm³/mol. The van der Waals surface area contributed by atoms with Gasteiger partial charge in [0, 0.05) is 30.9 Å². The van der Waals surface area contributed by atoms with E-state index in [0.717, 1.165) is 25.9 Å². The van der Waals surface area contributed by atoms with Gasteiger partial charge in [0.1, 0.15) is 0 Å². The Labute approximate surface area is 170 Å². The molecule has 1 aliphatic heterocycles. The smallest absolute Gasteiger partial charge is 0.233 e. The second-order valence-electron chi connectivity index (χ2n) is 7.68. The highest BCUT2D eigenvalue weighted by molar-refractivity contribution is 5.57. The maximum Gasteiger partial charge on any atom is 0.233 e. The van der Waals surface area contributed by atoms with E-state index in [-0.39, 0.29) is 5.75 Å². The fourth-order valence-corrected chi connectivity index (χ4v) is 3.77. The van der Waals surface area contributed by atoms with Crippen molar-refractivity contribution in [2.24, 2.45) is 0 Å². The van der Waals surface area contributed by atoms with Crippen molar-refractivity contribution in [2.75, 3.05) is 49.8 Å². The van der Waals surface area contributed by atoms with Gasteiger partial charge >= 0.3 is 0 Å². The van der Waals surface area contributed by atoms with Crippen molar-refractivity contribution in [1.29, 1.82) is 0 Å².